The van der Waals surface area contributed by atoms with Crippen molar-refractivity contribution in [3.63, 3.8) is 0 Å². The molecule has 3 N–H and O–H groups in total. The van der Waals surface area contributed by atoms with Gasteiger partial charge in [-0.05, 0) is 51.3 Å². The van der Waals surface area contributed by atoms with Crippen LogP contribution in [0.3, 0.4) is 0 Å². The van der Waals surface area contributed by atoms with E-state index >= 15 is 0 Å². The number of hydrogen-bond donors (Lipinski definition) is 2. The van der Waals surface area contributed by atoms with Gasteiger partial charge in [-0.3, -0.25) is 9.69 Å². The standard InChI is InChI=1S/C18H29N3O/c1-14-8-6-7-11-21(14)13-16-10-5-4-9-15(16)12-20-17(22)18(2,3)19/h4-5,9-10,14H,6-8,11-13,19H2,1-3H3,(H,20,22). The van der Waals surface area contributed by atoms with Crippen LogP contribution in [0.2, 0.25) is 0 Å². The monoisotopic (exact) mass is 303 g/mol. The van der Waals surface area contributed by atoms with Gasteiger partial charge in [0.1, 0.15) is 0 Å². The summed E-state index contributed by atoms with van der Waals surface area (Å²) >= 11 is 0. The normalized spacial score (nSPS) is 19.9. The third kappa shape index (κ3) is 4.55. The van der Waals surface area contributed by atoms with Crippen molar-refractivity contribution < 1.29 is 4.79 Å². The van der Waals surface area contributed by atoms with Gasteiger partial charge >= 0.3 is 0 Å². The van der Waals surface area contributed by atoms with E-state index in [9.17, 15) is 4.79 Å². The van der Waals surface area contributed by atoms with E-state index in [4.69, 9.17) is 5.73 Å². The van der Waals surface area contributed by atoms with Gasteiger partial charge in [-0.1, -0.05) is 30.7 Å². The number of nitrogens with two attached hydrogens (primary N) is 1. The fourth-order valence-electron chi connectivity index (χ4n) is 2.90. The summed E-state index contributed by atoms with van der Waals surface area (Å²) in [5.74, 6) is -0.117. The highest BCUT2D eigenvalue weighted by Gasteiger charge is 2.22. The summed E-state index contributed by atoms with van der Waals surface area (Å²) in [7, 11) is 0. The lowest BCUT2D eigenvalue weighted by molar-refractivity contribution is -0.125. The predicted octanol–water partition coefficient (Wildman–Crippen LogP) is 2.41. The Labute approximate surface area is 134 Å². The van der Waals surface area contributed by atoms with Crippen LogP contribution in [0.15, 0.2) is 24.3 Å². The summed E-state index contributed by atoms with van der Waals surface area (Å²) in [5, 5.41) is 2.95. The highest BCUT2D eigenvalue weighted by atomic mass is 16.2. The zero-order valence-electron chi connectivity index (χ0n) is 14.1. The Balaban J connectivity index is 2.02. The van der Waals surface area contributed by atoms with E-state index in [1.165, 1.54) is 30.4 Å². The molecule has 1 amide bonds. The minimum absolute atomic E-state index is 0.117. The largest absolute Gasteiger partial charge is 0.350 e. The molecule has 1 aromatic carbocycles. The molecule has 0 radical (unpaired) electrons. The van der Waals surface area contributed by atoms with Crippen LogP contribution in [-0.4, -0.2) is 28.9 Å². The van der Waals surface area contributed by atoms with Crippen molar-refractivity contribution in [2.75, 3.05) is 6.54 Å². The Hall–Kier alpha value is -1.39. The summed E-state index contributed by atoms with van der Waals surface area (Å²) in [6, 6.07) is 8.99. The summed E-state index contributed by atoms with van der Waals surface area (Å²) in [4.78, 5) is 14.5. The second-order valence-electron chi connectivity index (χ2n) is 6.99. The maximum Gasteiger partial charge on any atom is 0.239 e. The fraction of sp³-hybridized carbons (Fsp3) is 0.611. The average Bonchev–Trinajstić information content (AvgIpc) is 2.47. The van der Waals surface area contributed by atoms with E-state index in [0.717, 1.165) is 13.1 Å². The second-order valence-corrected chi connectivity index (χ2v) is 6.99. The maximum atomic E-state index is 11.9. The van der Waals surface area contributed by atoms with Crippen LogP contribution >= 0.6 is 0 Å². The predicted molar refractivity (Wildman–Crippen MR) is 90.3 cm³/mol. The molecule has 1 heterocycles. The number of hydrogen-bond acceptors (Lipinski definition) is 3. The first kappa shape index (κ1) is 17.0. The molecule has 0 aromatic heterocycles. The molecule has 1 aliphatic heterocycles. The molecule has 0 saturated carbocycles. The zero-order valence-corrected chi connectivity index (χ0v) is 14.1. The third-order valence-electron chi connectivity index (χ3n) is 4.46. The Morgan fingerprint density at radius 2 is 2.00 bits per heavy atom. The van der Waals surface area contributed by atoms with Gasteiger partial charge in [0.05, 0.1) is 5.54 Å². The quantitative estimate of drug-likeness (QED) is 0.878. The number of carbonyl (C=O) groups is 1. The molecule has 1 aliphatic rings. The van der Waals surface area contributed by atoms with Crippen molar-refractivity contribution in [2.24, 2.45) is 5.73 Å². The average molecular weight is 303 g/mol. The molecule has 1 atom stereocenters. The molecule has 0 bridgehead atoms. The van der Waals surface area contributed by atoms with Gasteiger partial charge in [0.2, 0.25) is 5.91 Å². The molecule has 1 unspecified atom stereocenters. The van der Waals surface area contributed by atoms with Crippen LogP contribution in [0.25, 0.3) is 0 Å². The van der Waals surface area contributed by atoms with Gasteiger partial charge in [-0.15, -0.1) is 0 Å². The number of nitrogens with one attached hydrogen (secondary N) is 1. The first-order chi connectivity index (χ1) is 10.4. The Bertz CT molecular complexity index is 507. The first-order valence-electron chi connectivity index (χ1n) is 8.26. The highest BCUT2D eigenvalue weighted by Crippen LogP contribution is 2.20. The minimum Gasteiger partial charge on any atom is -0.350 e. The molecule has 1 fully saturated rings. The molecule has 1 saturated heterocycles. The van der Waals surface area contributed by atoms with E-state index < -0.39 is 5.54 Å². The lowest BCUT2D eigenvalue weighted by Crippen LogP contribution is -2.48. The van der Waals surface area contributed by atoms with Crippen molar-refractivity contribution in [3.05, 3.63) is 35.4 Å². The summed E-state index contributed by atoms with van der Waals surface area (Å²) < 4.78 is 0. The topological polar surface area (TPSA) is 58.4 Å². The molecule has 4 heteroatoms. The van der Waals surface area contributed by atoms with Crippen LogP contribution < -0.4 is 11.1 Å². The molecule has 1 aromatic rings. The fourth-order valence-corrected chi connectivity index (χ4v) is 2.90. The molecule has 0 aliphatic carbocycles. The van der Waals surface area contributed by atoms with Crippen molar-refractivity contribution in [2.45, 2.75) is 64.7 Å². The highest BCUT2D eigenvalue weighted by molar-refractivity contribution is 5.85. The molecular formula is C18H29N3O. The van der Waals surface area contributed by atoms with Crippen LogP contribution in [0.1, 0.15) is 51.2 Å². The van der Waals surface area contributed by atoms with Crippen LogP contribution in [-0.2, 0) is 17.9 Å². The Morgan fingerprint density at radius 1 is 1.32 bits per heavy atom. The third-order valence-corrected chi connectivity index (χ3v) is 4.46. The molecule has 4 nitrogen and oxygen atoms in total. The summed E-state index contributed by atoms with van der Waals surface area (Å²) in [5.41, 5.74) is 7.47. The van der Waals surface area contributed by atoms with Crippen molar-refractivity contribution >= 4 is 5.91 Å². The van der Waals surface area contributed by atoms with Crippen LogP contribution in [0.4, 0.5) is 0 Å². The summed E-state index contributed by atoms with van der Waals surface area (Å²) in [6.45, 7) is 8.42. The van der Waals surface area contributed by atoms with Crippen molar-refractivity contribution in [1.82, 2.24) is 10.2 Å². The maximum absolute atomic E-state index is 11.9. The number of benzene rings is 1. The van der Waals surface area contributed by atoms with Gasteiger partial charge in [0.25, 0.3) is 0 Å². The number of rotatable bonds is 5. The van der Waals surface area contributed by atoms with Gasteiger partial charge in [0, 0.05) is 19.1 Å². The zero-order chi connectivity index (χ0) is 16.2. The lowest BCUT2D eigenvalue weighted by atomic mass is 10.0. The number of carbonyl (C=O) groups excluding carboxylic acids is 1. The molecular weight excluding hydrogens is 274 g/mol. The second kappa shape index (κ2) is 7.25. The molecule has 0 spiro atoms. The summed E-state index contributed by atoms with van der Waals surface area (Å²) in [6.07, 6.45) is 3.89. The first-order valence-corrected chi connectivity index (χ1v) is 8.26. The Kier molecular flexibility index (Phi) is 5.59. The lowest BCUT2D eigenvalue weighted by Gasteiger charge is -2.33. The van der Waals surface area contributed by atoms with Crippen LogP contribution in [0, 0.1) is 0 Å². The number of nitrogens with zero attached hydrogens (tertiary/aromatic N) is 1. The smallest absolute Gasteiger partial charge is 0.239 e. The molecule has 2 rings (SSSR count). The molecule has 122 valence electrons. The SMILES string of the molecule is CC1CCCCN1Cc1ccccc1CNC(=O)C(C)(C)N. The van der Waals surface area contributed by atoms with E-state index in [2.05, 4.69) is 35.3 Å². The Morgan fingerprint density at radius 3 is 2.64 bits per heavy atom. The van der Waals surface area contributed by atoms with E-state index in [1.54, 1.807) is 13.8 Å². The van der Waals surface area contributed by atoms with Gasteiger partial charge in [0.15, 0.2) is 0 Å². The van der Waals surface area contributed by atoms with E-state index in [0.29, 0.717) is 12.6 Å². The van der Waals surface area contributed by atoms with Crippen LogP contribution in [0.5, 0.6) is 0 Å². The van der Waals surface area contributed by atoms with E-state index in [1.807, 2.05) is 6.07 Å². The number of likely N-dealkylation sites (tertiary alicyclic amines) is 1. The number of piperidine rings is 1. The molecule has 22 heavy (non-hydrogen) atoms. The van der Waals surface area contributed by atoms with Gasteiger partial charge in [-0.25, -0.2) is 0 Å². The van der Waals surface area contributed by atoms with Crippen molar-refractivity contribution in [3.8, 4) is 0 Å². The van der Waals surface area contributed by atoms with E-state index in [-0.39, 0.29) is 5.91 Å². The van der Waals surface area contributed by atoms with Gasteiger partial charge < -0.3 is 11.1 Å². The number of amides is 1. The van der Waals surface area contributed by atoms with Gasteiger partial charge in [-0.2, -0.15) is 0 Å². The minimum atomic E-state index is -0.837. The van der Waals surface area contributed by atoms with Crippen molar-refractivity contribution in [1.29, 1.82) is 0 Å².